The highest BCUT2D eigenvalue weighted by atomic mass is 16.6. The number of nitro benzene ring substituents is 1. The molecule has 1 amide bonds. The number of nitro groups is 1. The predicted molar refractivity (Wildman–Crippen MR) is 135 cm³/mol. The Hall–Kier alpha value is -4.93. The Balaban J connectivity index is 1.56. The van der Waals surface area contributed by atoms with Gasteiger partial charge in [-0.05, 0) is 74.0 Å². The first-order valence-corrected chi connectivity index (χ1v) is 11.3. The van der Waals surface area contributed by atoms with Gasteiger partial charge in [-0.1, -0.05) is 0 Å². The molecule has 0 spiro atoms. The Bertz CT molecular complexity index is 1260. The van der Waals surface area contributed by atoms with Crippen LogP contribution in [-0.2, 0) is 4.79 Å². The molecule has 0 atom stereocenters. The summed E-state index contributed by atoms with van der Waals surface area (Å²) in [6.07, 6.45) is 1.39. The molecule has 0 aliphatic carbocycles. The molecule has 0 radical (unpaired) electrons. The summed E-state index contributed by atoms with van der Waals surface area (Å²) in [5.74, 6) is 0.451. The van der Waals surface area contributed by atoms with Crippen molar-refractivity contribution in [3.05, 3.63) is 88.0 Å². The zero-order valence-corrected chi connectivity index (χ0v) is 20.2. The maximum Gasteiger partial charge on any atom is 0.343 e. The molecule has 0 saturated heterocycles. The standard InChI is InChI=1S/C26H25N3O8/c1-3-34-21-10-6-19(7-11-21)26(31)37-23-14-5-18(15-24(23)35-4-2)16-27-28-25(30)17-36-22-12-8-20(9-13-22)29(32)33/h5-16H,3-4,17H2,1-2H3,(H,28,30)/b27-16+. The third-order valence-electron chi connectivity index (χ3n) is 4.69. The van der Waals surface area contributed by atoms with Crippen molar-refractivity contribution in [1.82, 2.24) is 5.43 Å². The highest BCUT2D eigenvalue weighted by Crippen LogP contribution is 2.29. The van der Waals surface area contributed by atoms with Crippen molar-refractivity contribution < 1.29 is 33.5 Å². The summed E-state index contributed by atoms with van der Waals surface area (Å²) in [5, 5.41) is 14.6. The van der Waals surface area contributed by atoms with Crippen LogP contribution in [0.1, 0.15) is 29.8 Å². The van der Waals surface area contributed by atoms with Gasteiger partial charge in [0, 0.05) is 12.1 Å². The number of nitrogens with one attached hydrogen (secondary N) is 1. The lowest BCUT2D eigenvalue weighted by molar-refractivity contribution is -0.384. The zero-order valence-electron chi connectivity index (χ0n) is 20.2. The van der Waals surface area contributed by atoms with Gasteiger partial charge in [0.1, 0.15) is 11.5 Å². The molecular weight excluding hydrogens is 482 g/mol. The fraction of sp³-hybridized carbons (Fsp3) is 0.192. The molecule has 0 saturated carbocycles. The van der Waals surface area contributed by atoms with Gasteiger partial charge < -0.3 is 18.9 Å². The Morgan fingerprint density at radius 2 is 1.54 bits per heavy atom. The van der Waals surface area contributed by atoms with Crippen molar-refractivity contribution in [2.45, 2.75) is 13.8 Å². The third-order valence-corrected chi connectivity index (χ3v) is 4.69. The molecule has 37 heavy (non-hydrogen) atoms. The van der Waals surface area contributed by atoms with Crippen molar-refractivity contribution >= 4 is 23.8 Å². The molecule has 3 rings (SSSR count). The second-order valence-electron chi connectivity index (χ2n) is 7.32. The molecule has 11 heteroatoms. The smallest absolute Gasteiger partial charge is 0.343 e. The van der Waals surface area contributed by atoms with Crippen LogP contribution in [0.5, 0.6) is 23.0 Å². The van der Waals surface area contributed by atoms with Crippen LogP contribution in [0.15, 0.2) is 71.8 Å². The Labute approximate surface area is 212 Å². The molecule has 0 unspecified atom stereocenters. The maximum atomic E-state index is 12.5. The highest BCUT2D eigenvalue weighted by molar-refractivity contribution is 5.92. The third kappa shape index (κ3) is 8.06. The van der Waals surface area contributed by atoms with Crippen LogP contribution < -0.4 is 24.4 Å². The van der Waals surface area contributed by atoms with Crippen molar-refractivity contribution in [1.29, 1.82) is 0 Å². The van der Waals surface area contributed by atoms with Gasteiger partial charge in [-0.25, -0.2) is 10.2 Å². The number of carbonyl (C=O) groups is 2. The number of amides is 1. The molecule has 0 aliphatic rings. The first-order valence-electron chi connectivity index (χ1n) is 11.3. The second-order valence-corrected chi connectivity index (χ2v) is 7.32. The quantitative estimate of drug-likeness (QED) is 0.127. The molecule has 11 nitrogen and oxygen atoms in total. The first kappa shape index (κ1) is 26.7. The number of non-ortho nitro benzene ring substituents is 1. The van der Waals surface area contributed by atoms with Crippen LogP contribution in [0, 0.1) is 10.1 Å². The topological polar surface area (TPSA) is 139 Å². The summed E-state index contributed by atoms with van der Waals surface area (Å²) in [6, 6.07) is 16.8. The zero-order chi connectivity index (χ0) is 26.6. The number of benzene rings is 3. The molecule has 3 aromatic rings. The minimum Gasteiger partial charge on any atom is -0.494 e. The molecule has 0 fully saturated rings. The number of rotatable bonds is 12. The van der Waals surface area contributed by atoms with Crippen molar-refractivity contribution in [2.24, 2.45) is 5.10 Å². The lowest BCUT2D eigenvalue weighted by Crippen LogP contribution is -2.24. The van der Waals surface area contributed by atoms with E-state index < -0.39 is 16.8 Å². The van der Waals surface area contributed by atoms with Crippen molar-refractivity contribution in [2.75, 3.05) is 19.8 Å². The van der Waals surface area contributed by atoms with Crippen LogP contribution >= 0.6 is 0 Å². The van der Waals surface area contributed by atoms with Crippen molar-refractivity contribution in [3.63, 3.8) is 0 Å². The van der Waals surface area contributed by atoms with Gasteiger partial charge in [-0.15, -0.1) is 0 Å². The van der Waals surface area contributed by atoms with E-state index in [2.05, 4.69) is 10.5 Å². The summed E-state index contributed by atoms with van der Waals surface area (Å²) in [4.78, 5) is 34.7. The molecule has 0 aliphatic heterocycles. The van der Waals surface area contributed by atoms with E-state index >= 15 is 0 Å². The molecule has 0 bridgehead atoms. The van der Waals surface area contributed by atoms with Gasteiger partial charge in [-0.3, -0.25) is 14.9 Å². The minimum atomic E-state index is -0.550. The van der Waals surface area contributed by atoms with Gasteiger partial charge in [0.2, 0.25) is 0 Å². The maximum absolute atomic E-state index is 12.5. The van der Waals surface area contributed by atoms with E-state index in [1.54, 1.807) is 49.4 Å². The van der Waals surface area contributed by atoms with E-state index in [0.717, 1.165) is 0 Å². The lowest BCUT2D eigenvalue weighted by Gasteiger charge is -2.11. The fourth-order valence-corrected chi connectivity index (χ4v) is 2.99. The predicted octanol–water partition coefficient (Wildman–Crippen LogP) is 4.14. The monoisotopic (exact) mass is 507 g/mol. The van der Waals surface area contributed by atoms with Crippen LogP contribution in [0.2, 0.25) is 0 Å². The lowest BCUT2D eigenvalue weighted by atomic mass is 10.2. The van der Waals surface area contributed by atoms with Crippen LogP contribution in [0.25, 0.3) is 0 Å². The number of hydrogen-bond donors (Lipinski definition) is 1. The van der Waals surface area contributed by atoms with Crippen LogP contribution in [0.3, 0.4) is 0 Å². The van der Waals surface area contributed by atoms with E-state index in [4.69, 9.17) is 18.9 Å². The van der Waals surface area contributed by atoms with E-state index in [1.807, 2.05) is 6.92 Å². The number of ether oxygens (including phenoxy) is 4. The number of esters is 1. The van der Waals surface area contributed by atoms with E-state index in [9.17, 15) is 19.7 Å². The van der Waals surface area contributed by atoms with Gasteiger partial charge in [0.05, 0.1) is 29.9 Å². The summed E-state index contributed by atoms with van der Waals surface area (Å²) in [6.45, 7) is 4.20. The van der Waals surface area contributed by atoms with Crippen molar-refractivity contribution in [3.8, 4) is 23.0 Å². The largest absolute Gasteiger partial charge is 0.494 e. The molecule has 3 aromatic carbocycles. The average molecular weight is 507 g/mol. The van der Waals surface area contributed by atoms with E-state index in [-0.39, 0.29) is 18.0 Å². The SMILES string of the molecule is CCOc1ccc(C(=O)Oc2ccc(/C=N/NC(=O)COc3ccc([N+](=O)[O-])cc3)cc2OCC)cc1. The molecule has 192 valence electrons. The summed E-state index contributed by atoms with van der Waals surface area (Å²) < 4.78 is 21.8. The number of carbonyl (C=O) groups excluding carboxylic acids is 2. The highest BCUT2D eigenvalue weighted by Gasteiger charge is 2.14. The average Bonchev–Trinajstić information content (AvgIpc) is 2.90. The minimum absolute atomic E-state index is 0.0789. The summed E-state index contributed by atoms with van der Waals surface area (Å²) in [7, 11) is 0. The molecule has 0 heterocycles. The number of nitrogens with zero attached hydrogens (tertiary/aromatic N) is 2. The van der Waals surface area contributed by atoms with Gasteiger partial charge >= 0.3 is 5.97 Å². The Kier molecular flexibility index (Phi) is 9.54. The number of hydrogen-bond acceptors (Lipinski definition) is 9. The molecular formula is C26H25N3O8. The first-order chi connectivity index (χ1) is 17.9. The van der Waals surface area contributed by atoms with Gasteiger partial charge in [0.15, 0.2) is 18.1 Å². The summed E-state index contributed by atoms with van der Waals surface area (Å²) >= 11 is 0. The number of hydrazone groups is 1. The Morgan fingerprint density at radius 1 is 0.892 bits per heavy atom. The fourth-order valence-electron chi connectivity index (χ4n) is 2.99. The van der Waals surface area contributed by atoms with Gasteiger partial charge in [0.25, 0.3) is 11.6 Å². The normalized spacial score (nSPS) is 10.5. The molecule has 0 aromatic heterocycles. The van der Waals surface area contributed by atoms with Crippen LogP contribution in [-0.4, -0.2) is 42.8 Å². The summed E-state index contributed by atoms with van der Waals surface area (Å²) in [5.41, 5.74) is 3.19. The van der Waals surface area contributed by atoms with Crippen LogP contribution in [0.4, 0.5) is 5.69 Å². The second kappa shape index (κ2) is 13.2. The molecule has 1 N–H and O–H groups in total. The Morgan fingerprint density at radius 3 is 2.19 bits per heavy atom. The van der Waals surface area contributed by atoms with Gasteiger partial charge in [-0.2, -0.15) is 5.10 Å². The van der Waals surface area contributed by atoms with E-state index in [1.165, 1.54) is 30.5 Å². The van der Waals surface area contributed by atoms with E-state index in [0.29, 0.717) is 41.6 Å².